The van der Waals surface area contributed by atoms with Crippen LogP contribution in [0, 0.1) is 0 Å². The average molecular weight is 257 g/mol. The smallest absolute Gasteiger partial charge is 0.287 e. The van der Waals surface area contributed by atoms with Gasteiger partial charge in [-0.15, -0.1) is 0 Å². The van der Waals surface area contributed by atoms with Gasteiger partial charge < -0.3 is 10.6 Å². The molecule has 1 amide bonds. The van der Waals surface area contributed by atoms with E-state index in [9.17, 15) is 9.59 Å². The number of nitrogens with zero attached hydrogens (tertiary/aromatic N) is 2. The number of carbonyl (C=O) groups excluding carboxylic acids is 1. The Morgan fingerprint density at radius 2 is 2.41 bits per heavy atom. The number of nitrogens with one attached hydrogen (secondary N) is 2. The van der Waals surface area contributed by atoms with Crippen LogP contribution in [0.25, 0.3) is 0 Å². The van der Waals surface area contributed by atoms with Crippen LogP contribution in [0.2, 0.25) is 5.02 Å². The summed E-state index contributed by atoms with van der Waals surface area (Å²) in [4.78, 5) is 22.5. The summed E-state index contributed by atoms with van der Waals surface area (Å²) in [5.41, 5.74) is 0.156. The van der Waals surface area contributed by atoms with E-state index in [1.807, 2.05) is 0 Å². The monoisotopic (exact) mass is 256 g/mol. The lowest BCUT2D eigenvalue weighted by atomic mass is 10.2. The lowest BCUT2D eigenvalue weighted by Crippen LogP contribution is -2.32. The first-order valence-electron chi connectivity index (χ1n) is 5.33. The third kappa shape index (κ3) is 2.58. The summed E-state index contributed by atoms with van der Waals surface area (Å²) in [7, 11) is 1.54. The third-order valence-electron chi connectivity index (χ3n) is 2.70. The summed E-state index contributed by atoms with van der Waals surface area (Å²) in [6.07, 6.45) is 2.84. The van der Waals surface area contributed by atoms with Crippen LogP contribution in [0.4, 0.5) is 5.69 Å². The summed E-state index contributed by atoms with van der Waals surface area (Å²) in [5, 5.41) is 9.83. The molecule has 1 aromatic heterocycles. The second-order valence-corrected chi connectivity index (χ2v) is 4.36. The Kier molecular flexibility index (Phi) is 3.33. The van der Waals surface area contributed by atoms with Crippen molar-refractivity contribution in [1.29, 1.82) is 0 Å². The lowest BCUT2D eigenvalue weighted by Gasteiger charge is -2.13. The number of aryl methyl sites for hydroxylation is 1. The largest absolute Gasteiger partial charge is 0.380 e. The quantitative estimate of drug-likeness (QED) is 0.806. The summed E-state index contributed by atoms with van der Waals surface area (Å²) >= 11 is 5.89. The maximum Gasteiger partial charge on any atom is 0.287 e. The Balaban J connectivity index is 2.02. The number of amides is 1. The number of aromatic nitrogens is 2. The predicted molar refractivity (Wildman–Crippen MR) is 64.1 cm³/mol. The second kappa shape index (κ2) is 4.75. The fourth-order valence-electron chi connectivity index (χ4n) is 1.70. The van der Waals surface area contributed by atoms with Gasteiger partial charge >= 0.3 is 0 Å². The molecule has 1 atom stereocenters. The van der Waals surface area contributed by atoms with Gasteiger partial charge in [0.25, 0.3) is 5.56 Å². The summed E-state index contributed by atoms with van der Waals surface area (Å²) < 4.78 is 1.17. The molecule has 0 aromatic carbocycles. The lowest BCUT2D eigenvalue weighted by molar-refractivity contribution is -0.119. The standard InChI is InChI=1S/C10H13ClN4O2/c1-15-10(17)9(11)7(5-13-15)12-4-6-2-3-8(16)14-6/h5-6,12H,2-4H2,1H3,(H,14,16). The van der Waals surface area contributed by atoms with E-state index in [0.717, 1.165) is 6.42 Å². The van der Waals surface area contributed by atoms with Crippen LogP contribution >= 0.6 is 11.6 Å². The molecule has 1 aromatic rings. The zero-order valence-electron chi connectivity index (χ0n) is 9.36. The predicted octanol–water partition coefficient (Wildman–Crippen LogP) is 0.124. The fraction of sp³-hybridized carbons (Fsp3) is 0.500. The number of halogens is 1. The van der Waals surface area contributed by atoms with E-state index in [-0.39, 0.29) is 22.5 Å². The molecule has 2 rings (SSSR count). The normalized spacial score (nSPS) is 19.2. The highest BCUT2D eigenvalue weighted by Gasteiger charge is 2.20. The van der Waals surface area contributed by atoms with E-state index in [0.29, 0.717) is 18.7 Å². The van der Waals surface area contributed by atoms with Gasteiger partial charge in [0.15, 0.2) is 0 Å². The Morgan fingerprint density at radius 3 is 3.06 bits per heavy atom. The van der Waals surface area contributed by atoms with Crippen LogP contribution in [0.15, 0.2) is 11.0 Å². The minimum atomic E-state index is -0.341. The number of anilines is 1. The molecule has 1 aliphatic heterocycles. The molecule has 2 N–H and O–H groups in total. The first-order chi connectivity index (χ1) is 8.08. The molecule has 92 valence electrons. The Morgan fingerprint density at radius 1 is 1.65 bits per heavy atom. The van der Waals surface area contributed by atoms with Gasteiger partial charge in [-0.1, -0.05) is 11.6 Å². The maximum absolute atomic E-state index is 11.5. The van der Waals surface area contributed by atoms with Gasteiger partial charge in [-0.05, 0) is 6.42 Å². The van der Waals surface area contributed by atoms with E-state index in [1.165, 1.54) is 17.9 Å². The van der Waals surface area contributed by atoms with Crippen LogP contribution in [0.1, 0.15) is 12.8 Å². The fourth-order valence-corrected chi connectivity index (χ4v) is 1.94. The van der Waals surface area contributed by atoms with Crippen molar-refractivity contribution in [3.05, 3.63) is 21.6 Å². The molecule has 7 heteroatoms. The highest BCUT2D eigenvalue weighted by Crippen LogP contribution is 2.16. The zero-order chi connectivity index (χ0) is 12.4. The van der Waals surface area contributed by atoms with Gasteiger partial charge in [0.05, 0.1) is 11.9 Å². The van der Waals surface area contributed by atoms with E-state index in [2.05, 4.69) is 15.7 Å². The van der Waals surface area contributed by atoms with Crippen molar-refractivity contribution in [1.82, 2.24) is 15.1 Å². The molecule has 1 aliphatic rings. The van der Waals surface area contributed by atoms with Gasteiger partial charge in [0, 0.05) is 26.1 Å². The highest BCUT2D eigenvalue weighted by molar-refractivity contribution is 6.32. The van der Waals surface area contributed by atoms with Crippen LogP contribution in [0.3, 0.4) is 0 Å². The topological polar surface area (TPSA) is 76.0 Å². The molecule has 1 fully saturated rings. The zero-order valence-corrected chi connectivity index (χ0v) is 10.1. The van der Waals surface area contributed by atoms with E-state index in [1.54, 1.807) is 0 Å². The van der Waals surface area contributed by atoms with Gasteiger partial charge in [-0.25, -0.2) is 4.68 Å². The Bertz CT molecular complexity index is 500. The Labute approximate surface area is 103 Å². The molecule has 0 bridgehead atoms. The molecule has 2 heterocycles. The molecule has 1 unspecified atom stereocenters. The van der Waals surface area contributed by atoms with Gasteiger partial charge in [-0.2, -0.15) is 5.10 Å². The van der Waals surface area contributed by atoms with E-state index < -0.39 is 0 Å². The van der Waals surface area contributed by atoms with Crippen molar-refractivity contribution >= 4 is 23.2 Å². The van der Waals surface area contributed by atoms with Crippen LogP contribution < -0.4 is 16.2 Å². The van der Waals surface area contributed by atoms with Gasteiger partial charge in [0.2, 0.25) is 5.91 Å². The first-order valence-corrected chi connectivity index (χ1v) is 5.71. The number of carbonyl (C=O) groups is 1. The van der Waals surface area contributed by atoms with Crippen LogP contribution in [-0.2, 0) is 11.8 Å². The Hall–Kier alpha value is -1.56. The summed E-state index contributed by atoms with van der Waals surface area (Å²) in [6, 6.07) is 0.0858. The van der Waals surface area contributed by atoms with Crippen molar-refractivity contribution in [3.63, 3.8) is 0 Å². The minimum absolute atomic E-state index is 0.0602. The minimum Gasteiger partial charge on any atom is -0.380 e. The van der Waals surface area contributed by atoms with Crippen molar-refractivity contribution in [3.8, 4) is 0 Å². The van der Waals surface area contributed by atoms with Crippen molar-refractivity contribution in [2.24, 2.45) is 7.05 Å². The van der Waals surface area contributed by atoms with Crippen molar-refractivity contribution in [2.75, 3.05) is 11.9 Å². The highest BCUT2D eigenvalue weighted by atomic mass is 35.5. The van der Waals surface area contributed by atoms with Crippen molar-refractivity contribution in [2.45, 2.75) is 18.9 Å². The summed E-state index contributed by atoms with van der Waals surface area (Å²) in [6.45, 7) is 0.542. The number of hydrogen-bond donors (Lipinski definition) is 2. The van der Waals surface area contributed by atoms with Crippen LogP contribution in [0.5, 0.6) is 0 Å². The van der Waals surface area contributed by atoms with E-state index >= 15 is 0 Å². The summed E-state index contributed by atoms with van der Waals surface area (Å²) in [5.74, 6) is 0.0602. The first kappa shape index (κ1) is 11.9. The third-order valence-corrected chi connectivity index (χ3v) is 3.07. The molecule has 6 nitrogen and oxygen atoms in total. The molecule has 17 heavy (non-hydrogen) atoms. The SMILES string of the molecule is Cn1ncc(NCC2CCC(=O)N2)c(Cl)c1=O. The molecule has 1 saturated heterocycles. The van der Waals surface area contributed by atoms with Crippen LogP contribution in [-0.4, -0.2) is 28.3 Å². The van der Waals surface area contributed by atoms with Gasteiger partial charge in [0.1, 0.15) is 5.02 Å². The van der Waals surface area contributed by atoms with Crippen molar-refractivity contribution < 1.29 is 4.79 Å². The second-order valence-electron chi connectivity index (χ2n) is 3.98. The maximum atomic E-state index is 11.5. The average Bonchev–Trinajstić information content (AvgIpc) is 2.71. The van der Waals surface area contributed by atoms with E-state index in [4.69, 9.17) is 11.6 Å². The van der Waals surface area contributed by atoms with Gasteiger partial charge in [-0.3, -0.25) is 9.59 Å². The number of hydrogen-bond acceptors (Lipinski definition) is 4. The number of rotatable bonds is 3. The molecular formula is C10H13ClN4O2. The molecule has 0 spiro atoms. The molecule has 0 saturated carbocycles. The molecule has 0 aliphatic carbocycles. The molecule has 0 radical (unpaired) electrons. The molecular weight excluding hydrogens is 244 g/mol.